The zero-order valence-electron chi connectivity index (χ0n) is 16.2. The van der Waals surface area contributed by atoms with Crippen molar-refractivity contribution in [3.8, 4) is 5.75 Å². The molecule has 6 heteroatoms. The highest BCUT2D eigenvalue weighted by atomic mass is 16.4. The molecule has 0 fully saturated rings. The van der Waals surface area contributed by atoms with Crippen LogP contribution in [0.4, 0.5) is 0 Å². The molecule has 26 heavy (non-hydrogen) atoms. The van der Waals surface area contributed by atoms with Gasteiger partial charge in [0.15, 0.2) is 6.54 Å². The molecule has 1 heterocycles. The number of amides is 1. The number of quaternary nitrogens is 1. The van der Waals surface area contributed by atoms with Crippen LogP contribution >= 0.6 is 0 Å². The minimum atomic E-state index is -0.453. The Balaban J connectivity index is 2.33. The molecule has 0 radical (unpaired) electrons. The molecule has 0 saturated carbocycles. The van der Waals surface area contributed by atoms with E-state index in [4.69, 9.17) is 4.42 Å². The summed E-state index contributed by atoms with van der Waals surface area (Å²) in [6, 6.07) is 4.85. The van der Waals surface area contributed by atoms with Gasteiger partial charge in [-0.25, -0.2) is 4.79 Å². The first kappa shape index (κ1) is 20.0. The molecule has 0 bridgehead atoms. The van der Waals surface area contributed by atoms with Gasteiger partial charge in [-0.15, -0.1) is 0 Å². The highest BCUT2D eigenvalue weighted by Gasteiger charge is 2.20. The zero-order chi connectivity index (χ0) is 19.5. The van der Waals surface area contributed by atoms with Crippen molar-refractivity contribution in [1.29, 1.82) is 0 Å². The molecule has 0 aliphatic heterocycles. The van der Waals surface area contributed by atoms with E-state index in [1.807, 2.05) is 40.7 Å². The summed E-state index contributed by atoms with van der Waals surface area (Å²) in [5.41, 5.74) is 1.27. The number of carbonyl (C=O) groups is 1. The number of phenolic OH excluding ortho intramolecular Hbond substituents is 1. The van der Waals surface area contributed by atoms with Crippen LogP contribution in [0.15, 0.2) is 27.4 Å². The molecule has 2 rings (SSSR count). The van der Waals surface area contributed by atoms with Crippen molar-refractivity contribution in [2.45, 2.75) is 53.1 Å². The Morgan fingerprint density at radius 2 is 1.88 bits per heavy atom. The lowest BCUT2D eigenvalue weighted by Crippen LogP contribution is -3.11. The van der Waals surface area contributed by atoms with Gasteiger partial charge < -0.3 is 19.7 Å². The van der Waals surface area contributed by atoms with Crippen molar-refractivity contribution in [3.05, 3.63) is 39.7 Å². The lowest BCUT2D eigenvalue weighted by molar-refractivity contribution is -0.904. The number of hydrogen-bond donors (Lipinski definition) is 3. The third-order valence-corrected chi connectivity index (χ3v) is 4.28. The highest BCUT2D eigenvalue weighted by Crippen LogP contribution is 2.26. The van der Waals surface area contributed by atoms with Gasteiger partial charge in [-0.3, -0.25) is 4.79 Å². The van der Waals surface area contributed by atoms with Crippen LogP contribution in [-0.2, 0) is 17.8 Å². The second kappa shape index (κ2) is 7.91. The van der Waals surface area contributed by atoms with Crippen LogP contribution in [0.25, 0.3) is 11.0 Å². The lowest BCUT2D eigenvalue weighted by Gasteiger charge is -2.23. The minimum Gasteiger partial charge on any atom is -0.508 e. The third-order valence-electron chi connectivity index (χ3n) is 4.28. The number of aryl methyl sites for hydroxylation is 1. The van der Waals surface area contributed by atoms with Gasteiger partial charge in [0.2, 0.25) is 0 Å². The molecule has 1 atom stereocenters. The van der Waals surface area contributed by atoms with Gasteiger partial charge in [-0.2, -0.15) is 0 Å². The Morgan fingerprint density at radius 1 is 1.19 bits per heavy atom. The standard InChI is InChI=1S/C20H28N2O4/c1-6-13-8-15-14(9-19(25)26-17(15)10-16(13)23)11-22(7-2)12-18(24)21-20(3,4)5/h8-10,23H,6-7,11-12H2,1-5H3,(H,21,24)/p+1. The van der Waals surface area contributed by atoms with Crippen LogP contribution in [0.3, 0.4) is 0 Å². The predicted molar refractivity (Wildman–Crippen MR) is 101 cm³/mol. The van der Waals surface area contributed by atoms with Gasteiger partial charge >= 0.3 is 5.63 Å². The number of likely N-dealkylation sites (N-methyl/N-ethyl adjacent to an activating group) is 1. The quantitative estimate of drug-likeness (QED) is 0.679. The topological polar surface area (TPSA) is 84.0 Å². The number of carbonyl (C=O) groups excluding carboxylic acids is 1. The van der Waals surface area contributed by atoms with Crippen LogP contribution < -0.4 is 15.8 Å². The number of rotatable bonds is 6. The number of nitrogens with one attached hydrogen (secondary N) is 2. The monoisotopic (exact) mass is 361 g/mol. The fraction of sp³-hybridized carbons (Fsp3) is 0.500. The SMILES string of the molecule is CCc1cc2c(C[NH+](CC)CC(=O)NC(C)(C)C)cc(=O)oc2cc1O. The van der Waals surface area contributed by atoms with Gasteiger partial charge in [0.1, 0.15) is 17.9 Å². The molecular formula is C20H29N2O4+. The van der Waals surface area contributed by atoms with Crippen molar-refractivity contribution in [2.75, 3.05) is 13.1 Å². The first-order valence-electron chi connectivity index (χ1n) is 9.06. The molecule has 0 spiro atoms. The minimum absolute atomic E-state index is 0.0199. The first-order valence-corrected chi connectivity index (χ1v) is 9.06. The molecule has 1 unspecified atom stereocenters. The maximum Gasteiger partial charge on any atom is 0.336 e. The van der Waals surface area contributed by atoms with Gasteiger partial charge in [-0.05, 0) is 45.7 Å². The molecule has 2 aromatic rings. The summed E-state index contributed by atoms with van der Waals surface area (Å²) >= 11 is 0. The van der Waals surface area contributed by atoms with Crippen molar-refractivity contribution in [1.82, 2.24) is 5.32 Å². The second-order valence-corrected chi connectivity index (χ2v) is 7.68. The lowest BCUT2D eigenvalue weighted by atomic mass is 10.0. The van der Waals surface area contributed by atoms with Crippen LogP contribution in [0, 0.1) is 0 Å². The van der Waals surface area contributed by atoms with E-state index in [1.54, 1.807) is 0 Å². The maximum atomic E-state index is 12.2. The fourth-order valence-electron chi connectivity index (χ4n) is 3.01. The van der Waals surface area contributed by atoms with E-state index in [-0.39, 0.29) is 17.2 Å². The molecule has 0 aliphatic rings. The van der Waals surface area contributed by atoms with Crippen LogP contribution in [0.2, 0.25) is 0 Å². The van der Waals surface area contributed by atoms with Crippen LogP contribution in [0.5, 0.6) is 5.75 Å². The van der Waals surface area contributed by atoms with Crippen LogP contribution in [0.1, 0.15) is 45.7 Å². The van der Waals surface area contributed by atoms with E-state index < -0.39 is 5.63 Å². The number of aromatic hydroxyl groups is 1. The summed E-state index contributed by atoms with van der Waals surface area (Å²) in [7, 11) is 0. The number of phenols is 1. The van der Waals surface area contributed by atoms with E-state index in [1.165, 1.54) is 12.1 Å². The Hall–Kier alpha value is -2.34. The normalized spacial score (nSPS) is 13.0. The van der Waals surface area contributed by atoms with E-state index in [0.29, 0.717) is 25.1 Å². The van der Waals surface area contributed by atoms with Gasteiger partial charge in [-0.1, -0.05) is 6.92 Å². The highest BCUT2D eigenvalue weighted by molar-refractivity contribution is 5.82. The zero-order valence-corrected chi connectivity index (χ0v) is 16.2. The largest absolute Gasteiger partial charge is 0.508 e. The molecule has 3 N–H and O–H groups in total. The third kappa shape index (κ3) is 5.08. The molecular weight excluding hydrogens is 332 g/mol. The Bertz CT molecular complexity index is 849. The predicted octanol–water partition coefficient (Wildman–Crippen LogP) is 1.38. The van der Waals surface area contributed by atoms with Crippen molar-refractivity contribution < 1.29 is 19.2 Å². The second-order valence-electron chi connectivity index (χ2n) is 7.68. The summed E-state index contributed by atoms with van der Waals surface area (Å²) in [6.45, 7) is 11.4. The molecule has 1 amide bonds. The average Bonchev–Trinajstić information content (AvgIpc) is 2.51. The van der Waals surface area contributed by atoms with Gasteiger partial charge in [0.25, 0.3) is 5.91 Å². The maximum absolute atomic E-state index is 12.2. The van der Waals surface area contributed by atoms with E-state index in [9.17, 15) is 14.7 Å². The summed E-state index contributed by atoms with van der Waals surface area (Å²) in [6.07, 6.45) is 0.679. The number of fused-ring (bicyclic) bond motifs is 1. The first-order chi connectivity index (χ1) is 12.1. The Morgan fingerprint density at radius 3 is 2.46 bits per heavy atom. The Kier molecular flexibility index (Phi) is 6.08. The van der Waals surface area contributed by atoms with Crippen molar-refractivity contribution in [3.63, 3.8) is 0 Å². The van der Waals surface area contributed by atoms with E-state index in [0.717, 1.165) is 28.0 Å². The summed E-state index contributed by atoms with van der Waals surface area (Å²) in [5, 5.41) is 13.8. The van der Waals surface area contributed by atoms with Gasteiger partial charge in [0, 0.05) is 28.6 Å². The molecule has 1 aromatic heterocycles. The number of benzene rings is 1. The van der Waals surface area contributed by atoms with Crippen LogP contribution in [-0.4, -0.2) is 29.6 Å². The van der Waals surface area contributed by atoms with Gasteiger partial charge in [0.05, 0.1) is 6.54 Å². The van der Waals surface area contributed by atoms with E-state index >= 15 is 0 Å². The van der Waals surface area contributed by atoms with E-state index in [2.05, 4.69) is 5.32 Å². The molecule has 142 valence electrons. The van der Waals surface area contributed by atoms with Crippen molar-refractivity contribution in [2.24, 2.45) is 0 Å². The molecule has 6 nitrogen and oxygen atoms in total. The molecule has 1 aromatic carbocycles. The molecule has 0 saturated heterocycles. The fourth-order valence-corrected chi connectivity index (χ4v) is 3.01. The summed E-state index contributed by atoms with van der Waals surface area (Å²) < 4.78 is 5.24. The average molecular weight is 361 g/mol. The molecule has 0 aliphatic carbocycles. The number of hydrogen-bond acceptors (Lipinski definition) is 4. The smallest absolute Gasteiger partial charge is 0.336 e. The summed E-state index contributed by atoms with van der Waals surface area (Å²) in [4.78, 5) is 25.2. The summed E-state index contributed by atoms with van der Waals surface area (Å²) in [5.74, 6) is 0.109. The van der Waals surface area contributed by atoms with Crippen molar-refractivity contribution >= 4 is 16.9 Å². The Labute approximate surface area is 153 Å².